The van der Waals surface area contributed by atoms with Gasteiger partial charge in [0.2, 0.25) is 10.0 Å². The Labute approximate surface area is 122 Å². The van der Waals surface area contributed by atoms with Crippen LogP contribution in [0.2, 0.25) is 0 Å². The van der Waals surface area contributed by atoms with Gasteiger partial charge in [-0.2, -0.15) is 0 Å². The van der Waals surface area contributed by atoms with Crippen molar-refractivity contribution in [3.05, 3.63) is 35.4 Å². The zero-order chi connectivity index (χ0) is 15.2. The monoisotopic (exact) mass is 299 g/mol. The third-order valence-corrected chi connectivity index (χ3v) is 4.56. The summed E-state index contributed by atoms with van der Waals surface area (Å²) in [6.07, 6.45) is 0. The lowest BCUT2D eigenvalue weighted by atomic mass is 10.1. The molecule has 0 aromatic heterocycles. The summed E-state index contributed by atoms with van der Waals surface area (Å²) in [6.45, 7) is 3.19. The first-order valence-electron chi connectivity index (χ1n) is 6.70. The highest BCUT2D eigenvalue weighted by Crippen LogP contribution is 2.08. The molecule has 0 amide bonds. The maximum atomic E-state index is 12.0. The van der Waals surface area contributed by atoms with E-state index in [9.17, 15) is 8.42 Å². The van der Waals surface area contributed by atoms with E-state index in [0.29, 0.717) is 6.54 Å². The van der Waals surface area contributed by atoms with Crippen molar-refractivity contribution in [2.45, 2.75) is 25.3 Å². The molecule has 0 radical (unpaired) electrons. The molecule has 6 heteroatoms. The molecule has 1 unspecified atom stereocenters. The van der Waals surface area contributed by atoms with Crippen LogP contribution in [0.4, 0.5) is 0 Å². The van der Waals surface area contributed by atoms with E-state index >= 15 is 0 Å². The number of nitrogens with zero attached hydrogens (tertiary/aromatic N) is 1. The van der Waals surface area contributed by atoms with Gasteiger partial charge >= 0.3 is 0 Å². The maximum Gasteiger partial charge on any atom is 0.215 e. The van der Waals surface area contributed by atoms with Crippen molar-refractivity contribution in [3.8, 4) is 0 Å². The Morgan fingerprint density at radius 2 is 1.70 bits per heavy atom. The molecular formula is C14H25N3O2S. The third kappa shape index (κ3) is 6.00. The molecule has 0 fully saturated rings. The maximum absolute atomic E-state index is 12.0. The van der Waals surface area contributed by atoms with Crippen molar-refractivity contribution >= 4 is 10.0 Å². The number of likely N-dealkylation sites (N-methyl/N-ethyl adjacent to an activating group) is 1. The lowest BCUT2D eigenvalue weighted by Gasteiger charge is -2.20. The average Bonchev–Trinajstić information content (AvgIpc) is 2.38. The fourth-order valence-electron chi connectivity index (χ4n) is 1.66. The Hall–Kier alpha value is -0.950. The van der Waals surface area contributed by atoms with Crippen molar-refractivity contribution in [2.24, 2.45) is 0 Å². The van der Waals surface area contributed by atoms with Crippen molar-refractivity contribution < 1.29 is 8.42 Å². The highest BCUT2D eigenvalue weighted by Gasteiger charge is 2.13. The number of benzene rings is 1. The molecule has 1 aromatic rings. The second kappa shape index (κ2) is 7.73. The molecule has 0 aliphatic rings. The van der Waals surface area contributed by atoms with Crippen molar-refractivity contribution in [3.63, 3.8) is 0 Å². The zero-order valence-electron chi connectivity index (χ0n) is 12.7. The average molecular weight is 299 g/mol. The van der Waals surface area contributed by atoms with Crippen LogP contribution in [0.5, 0.6) is 0 Å². The molecule has 1 atom stereocenters. The Morgan fingerprint density at radius 3 is 2.20 bits per heavy atom. The van der Waals surface area contributed by atoms with E-state index in [-0.39, 0.29) is 11.8 Å². The van der Waals surface area contributed by atoms with Gasteiger partial charge in [0.1, 0.15) is 0 Å². The van der Waals surface area contributed by atoms with Gasteiger partial charge in [-0.05, 0) is 39.2 Å². The molecule has 0 spiro atoms. The van der Waals surface area contributed by atoms with Gasteiger partial charge in [0.25, 0.3) is 0 Å². The summed E-state index contributed by atoms with van der Waals surface area (Å²) in [4.78, 5) is 1.98. The van der Waals surface area contributed by atoms with Crippen LogP contribution >= 0.6 is 0 Å². The SMILES string of the molecule is CNCc1ccc(CS(=O)(=O)NCC(C)N(C)C)cc1. The van der Waals surface area contributed by atoms with E-state index in [1.54, 1.807) is 0 Å². The molecule has 0 aliphatic carbocycles. The summed E-state index contributed by atoms with van der Waals surface area (Å²) < 4.78 is 26.6. The lowest BCUT2D eigenvalue weighted by Crippen LogP contribution is -2.38. The van der Waals surface area contributed by atoms with Crippen LogP contribution in [0, 0.1) is 0 Å². The van der Waals surface area contributed by atoms with Gasteiger partial charge < -0.3 is 10.2 Å². The quantitative estimate of drug-likeness (QED) is 0.744. The second-order valence-electron chi connectivity index (χ2n) is 5.27. The van der Waals surface area contributed by atoms with Gasteiger partial charge in [0.05, 0.1) is 5.75 Å². The Balaban J connectivity index is 2.57. The predicted octanol–water partition coefficient (Wildman–Crippen LogP) is 0.776. The highest BCUT2D eigenvalue weighted by molar-refractivity contribution is 7.88. The minimum absolute atomic E-state index is 0.0208. The number of hydrogen-bond acceptors (Lipinski definition) is 4. The molecule has 1 aromatic carbocycles. The molecule has 2 N–H and O–H groups in total. The van der Waals surface area contributed by atoms with E-state index < -0.39 is 10.0 Å². The molecule has 5 nitrogen and oxygen atoms in total. The van der Waals surface area contributed by atoms with Gasteiger partial charge in [-0.1, -0.05) is 24.3 Å². The fourth-order valence-corrected chi connectivity index (χ4v) is 2.89. The Kier molecular flexibility index (Phi) is 6.61. The molecule has 1 rings (SSSR count). The highest BCUT2D eigenvalue weighted by atomic mass is 32.2. The molecule has 0 aliphatic heterocycles. The third-order valence-electron chi connectivity index (χ3n) is 3.24. The predicted molar refractivity (Wildman–Crippen MR) is 83.0 cm³/mol. The largest absolute Gasteiger partial charge is 0.316 e. The summed E-state index contributed by atoms with van der Waals surface area (Å²) in [5, 5.41) is 3.06. The summed E-state index contributed by atoms with van der Waals surface area (Å²) >= 11 is 0. The van der Waals surface area contributed by atoms with Crippen LogP contribution < -0.4 is 10.0 Å². The Morgan fingerprint density at radius 1 is 1.15 bits per heavy atom. The molecule has 0 saturated heterocycles. The molecule has 0 bridgehead atoms. The van der Waals surface area contributed by atoms with E-state index in [1.807, 2.05) is 57.2 Å². The zero-order valence-corrected chi connectivity index (χ0v) is 13.5. The van der Waals surface area contributed by atoms with Gasteiger partial charge in [0, 0.05) is 19.1 Å². The number of hydrogen-bond donors (Lipinski definition) is 2. The van der Waals surface area contributed by atoms with Crippen molar-refractivity contribution in [1.82, 2.24) is 14.9 Å². The van der Waals surface area contributed by atoms with Crippen molar-refractivity contribution in [2.75, 3.05) is 27.7 Å². The van der Waals surface area contributed by atoms with Crippen molar-refractivity contribution in [1.29, 1.82) is 0 Å². The first-order chi connectivity index (χ1) is 9.34. The molecular weight excluding hydrogens is 274 g/mol. The normalized spacial score (nSPS) is 13.7. The minimum atomic E-state index is -3.28. The topological polar surface area (TPSA) is 61.4 Å². The first-order valence-corrected chi connectivity index (χ1v) is 8.35. The number of nitrogens with one attached hydrogen (secondary N) is 2. The molecule has 114 valence electrons. The van der Waals surface area contributed by atoms with E-state index in [1.165, 1.54) is 0 Å². The van der Waals surface area contributed by atoms with Crippen LogP contribution in [0.1, 0.15) is 18.1 Å². The lowest BCUT2D eigenvalue weighted by molar-refractivity contribution is 0.314. The van der Waals surface area contributed by atoms with Crippen LogP contribution in [-0.2, 0) is 22.3 Å². The fraction of sp³-hybridized carbons (Fsp3) is 0.571. The number of sulfonamides is 1. The Bertz CT molecular complexity index is 498. The van der Waals surface area contributed by atoms with Gasteiger partial charge in [0.15, 0.2) is 0 Å². The van der Waals surface area contributed by atoms with Crippen LogP contribution in [0.3, 0.4) is 0 Å². The minimum Gasteiger partial charge on any atom is -0.316 e. The van der Waals surface area contributed by atoms with Gasteiger partial charge in [-0.25, -0.2) is 13.1 Å². The standard InChI is InChI=1S/C14H25N3O2S/c1-12(17(3)4)9-16-20(18,19)11-14-7-5-13(6-8-14)10-15-2/h5-8,12,15-16H,9-11H2,1-4H3. The van der Waals surface area contributed by atoms with Crippen LogP contribution in [0.15, 0.2) is 24.3 Å². The smallest absolute Gasteiger partial charge is 0.215 e. The first kappa shape index (κ1) is 17.1. The molecule has 20 heavy (non-hydrogen) atoms. The summed E-state index contributed by atoms with van der Waals surface area (Å²) in [5.74, 6) is 0.0208. The molecule has 0 saturated carbocycles. The number of rotatable bonds is 8. The van der Waals surface area contributed by atoms with Crippen LogP contribution in [-0.4, -0.2) is 47.0 Å². The van der Waals surface area contributed by atoms with Gasteiger partial charge in [-0.3, -0.25) is 0 Å². The summed E-state index contributed by atoms with van der Waals surface area (Å²) in [6, 6.07) is 7.79. The van der Waals surface area contributed by atoms with E-state index in [4.69, 9.17) is 0 Å². The molecule has 0 heterocycles. The summed E-state index contributed by atoms with van der Waals surface area (Å²) in [5.41, 5.74) is 1.94. The van der Waals surface area contributed by atoms with Gasteiger partial charge in [-0.15, -0.1) is 0 Å². The van der Waals surface area contributed by atoms with E-state index in [2.05, 4.69) is 10.0 Å². The summed E-state index contributed by atoms with van der Waals surface area (Å²) in [7, 11) is 2.46. The van der Waals surface area contributed by atoms with Crippen LogP contribution in [0.25, 0.3) is 0 Å². The van der Waals surface area contributed by atoms with E-state index in [0.717, 1.165) is 17.7 Å². The second-order valence-corrected chi connectivity index (χ2v) is 7.07.